The van der Waals surface area contributed by atoms with E-state index >= 15 is 0 Å². The predicted molar refractivity (Wildman–Crippen MR) is 96.9 cm³/mol. The van der Waals surface area contributed by atoms with Crippen molar-refractivity contribution in [2.45, 2.75) is 39.7 Å². The smallest absolute Gasteiger partial charge is 0.0565 e. The maximum absolute atomic E-state index is 4.08. The Labute approximate surface area is 139 Å². The van der Waals surface area contributed by atoms with E-state index in [2.05, 4.69) is 59.4 Å². The number of rotatable bonds is 5. The molecule has 1 saturated heterocycles. The SMILES string of the molecule is CCc1cc(N2CCNC(CC(C)C)C2)ccc1-c1cn[nH]c1. The van der Waals surface area contributed by atoms with Crippen LogP contribution in [-0.2, 0) is 6.42 Å². The van der Waals surface area contributed by atoms with Crippen LogP contribution in [0.25, 0.3) is 11.1 Å². The second kappa shape index (κ2) is 7.18. The maximum Gasteiger partial charge on any atom is 0.0565 e. The Morgan fingerprint density at radius 1 is 1.35 bits per heavy atom. The molecule has 0 amide bonds. The first-order valence-electron chi connectivity index (χ1n) is 8.77. The third kappa shape index (κ3) is 3.75. The van der Waals surface area contributed by atoms with Gasteiger partial charge < -0.3 is 10.2 Å². The maximum atomic E-state index is 4.08. The molecule has 0 bridgehead atoms. The van der Waals surface area contributed by atoms with Gasteiger partial charge in [0, 0.05) is 43.1 Å². The number of aryl methyl sites for hydroxylation is 1. The normalized spacial score (nSPS) is 18.6. The lowest BCUT2D eigenvalue weighted by molar-refractivity contribution is 0.388. The molecule has 2 aromatic rings. The molecule has 4 nitrogen and oxygen atoms in total. The Morgan fingerprint density at radius 3 is 2.91 bits per heavy atom. The van der Waals surface area contributed by atoms with Crippen LogP contribution >= 0.6 is 0 Å². The summed E-state index contributed by atoms with van der Waals surface area (Å²) in [4.78, 5) is 2.53. The van der Waals surface area contributed by atoms with Crippen LogP contribution in [-0.4, -0.2) is 35.9 Å². The fourth-order valence-corrected chi connectivity index (χ4v) is 3.54. The number of piperazine rings is 1. The second-order valence-corrected chi connectivity index (χ2v) is 6.91. The van der Waals surface area contributed by atoms with E-state index in [1.165, 1.54) is 28.8 Å². The topological polar surface area (TPSA) is 44.0 Å². The first kappa shape index (κ1) is 16.1. The van der Waals surface area contributed by atoms with Crippen molar-refractivity contribution in [2.75, 3.05) is 24.5 Å². The number of nitrogens with zero attached hydrogens (tertiary/aromatic N) is 2. The number of H-pyrrole nitrogens is 1. The summed E-state index contributed by atoms with van der Waals surface area (Å²) in [6.07, 6.45) is 6.15. The van der Waals surface area contributed by atoms with E-state index in [1.807, 2.05) is 12.4 Å². The molecule has 1 atom stereocenters. The first-order chi connectivity index (χ1) is 11.2. The Balaban J connectivity index is 1.80. The van der Waals surface area contributed by atoms with Gasteiger partial charge >= 0.3 is 0 Å². The Hall–Kier alpha value is -1.81. The van der Waals surface area contributed by atoms with Crippen LogP contribution in [0.3, 0.4) is 0 Å². The minimum absolute atomic E-state index is 0.599. The van der Waals surface area contributed by atoms with Crippen molar-refractivity contribution in [3.8, 4) is 11.1 Å². The summed E-state index contributed by atoms with van der Waals surface area (Å²) in [6, 6.07) is 7.47. The van der Waals surface area contributed by atoms with Gasteiger partial charge in [0.05, 0.1) is 6.20 Å². The van der Waals surface area contributed by atoms with Crippen LogP contribution in [0.5, 0.6) is 0 Å². The number of anilines is 1. The van der Waals surface area contributed by atoms with E-state index < -0.39 is 0 Å². The van der Waals surface area contributed by atoms with Crippen LogP contribution in [0.1, 0.15) is 32.8 Å². The predicted octanol–water partition coefficient (Wildman–Crippen LogP) is 3.46. The number of hydrogen-bond donors (Lipinski definition) is 2. The van der Waals surface area contributed by atoms with Gasteiger partial charge in [-0.1, -0.05) is 26.8 Å². The molecule has 0 aliphatic carbocycles. The zero-order chi connectivity index (χ0) is 16.2. The molecule has 124 valence electrons. The van der Waals surface area contributed by atoms with Gasteiger partial charge in [0.1, 0.15) is 0 Å². The van der Waals surface area contributed by atoms with Crippen molar-refractivity contribution in [2.24, 2.45) is 5.92 Å². The van der Waals surface area contributed by atoms with E-state index in [4.69, 9.17) is 0 Å². The fourth-order valence-electron chi connectivity index (χ4n) is 3.54. The molecule has 1 fully saturated rings. The molecule has 23 heavy (non-hydrogen) atoms. The molecule has 1 aromatic carbocycles. The quantitative estimate of drug-likeness (QED) is 0.888. The fraction of sp³-hybridized carbons (Fsp3) is 0.526. The zero-order valence-corrected chi connectivity index (χ0v) is 14.5. The summed E-state index contributed by atoms with van der Waals surface area (Å²) in [6.45, 7) is 10.1. The zero-order valence-electron chi connectivity index (χ0n) is 14.5. The van der Waals surface area contributed by atoms with Crippen molar-refractivity contribution in [3.63, 3.8) is 0 Å². The van der Waals surface area contributed by atoms with Crippen LogP contribution in [0.4, 0.5) is 5.69 Å². The minimum atomic E-state index is 0.599. The van der Waals surface area contributed by atoms with E-state index in [0.29, 0.717) is 6.04 Å². The minimum Gasteiger partial charge on any atom is -0.369 e. The molecule has 2 heterocycles. The standard InChI is InChI=1S/C19H28N4/c1-4-15-10-18(5-6-19(15)16-11-21-22-12-16)23-8-7-20-17(13-23)9-14(2)3/h5-6,10-12,14,17,20H,4,7-9,13H2,1-3H3,(H,21,22). The Kier molecular flexibility index (Phi) is 5.01. The summed E-state index contributed by atoms with van der Waals surface area (Å²) in [7, 11) is 0. The Bertz CT molecular complexity index is 618. The molecule has 1 aromatic heterocycles. The van der Waals surface area contributed by atoms with Gasteiger partial charge in [0.2, 0.25) is 0 Å². The van der Waals surface area contributed by atoms with Crippen LogP contribution < -0.4 is 10.2 Å². The summed E-state index contributed by atoms with van der Waals surface area (Å²) in [5.41, 5.74) is 5.21. The second-order valence-electron chi connectivity index (χ2n) is 6.91. The molecule has 2 N–H and O–H groups in total. The number of nitrogens with one attached hydrogen (secondary N) is 2. The highest BCUT2D eigenvalue weighted by atomic mass is 15.2. The number of benzene rings is 1. The third-order valence-corrected chi connectivity index (χ3v) is 4.66. The van der Waals surface area contributed by atoms with Gasteiger partial charge in [-0.3, -0.25) is 5.10 Å². The van der Waals surface area contributed by atoms with Gasteiger partial charge in [-0.05, 0) is 42.0 Å². The van der Waals surface area contributed by atoms with Gasteiger partial charge in [-0.15, -0.1) is 0 Å². The molecule has 0 saturated carbocycles. The van der Waals surface area contributed by atoms with Crippen LogP contribution in [0, 0.1) is 5.92 Å². The summed E-state index contributed by atoms with van der Waals surface area (Å²) >= 11 is 0. The average molecular weight is 312 g/mol. The van der Waals surface area contributed by atoms with Crippen molar-refractivity contribution < 1.29 is 0 Å². The highest BCUT2D eigenvalue weighted by Gasteiger charge is 2.21. The van der Waals surface area contributed by atoms with Gasteiger partial charge in [-0.25, -0.2) is 0 Å². The van der Waals surface area contributed by atoms with Crippen molar-refractivity contribution in [1.29, 1.82) is 0 Å². The lowest BCUT2D eigenvalue weighted by Crippen LogP contribution is -2.51. The van der Waals surface area contributed by atoms with Crippen molar-refractivity contribution in [3.05, 3.63) is 36.2 Å². The summed E-state index contributed by atoms with van der Waals surface area (Å²) in [5.74, 6) is 0.738. The summed E-state index contributed by atoms with van der Waals surface area (Å²) in [5, 5.41) is 10.7. The Morgan fingerprint density at radius 2 is 2.22 bits per heavy atom. The molecule has 1 aliphatic heterocycles. The van der Waals surface area contributed by atoms with Gasteiger partial charge in [-0.2, -0.15) is 5.10 Å². The number of aromatic amines is 1. The molecule has 1 aliphatic rings. The largest absolute Gasteiger partial charge is 0.369 e. The molecule has 3 rings (SSSR count). The van der Waals surface area contributed by atoms with E-state index in [1.54, 1.807) is 0 Å². The number of hydrogen-bond acceptors (Lipinski definition) is 3. The first-order valence-corrected chi connectivity index (χ1v) is 8.77. The van der Waals surface area contributed by atoms with E-state index in [9.17, 15) is 0 Å². The lowest BCUT2D eigenvalue weighted by atomic mass is 9.98. The average Bonchev–Trinajstić information content (AvgIpc) is 3.08. The molecule has 1 unspecified atom stereocenters. The van der Waals surface area contributed by atoms with Gasteiger partial charge in [0.25, 0.3) is 0 Å². The highest BCUT2D eigenvalue weighted by molar-refractivity contribution is 5.69. The van der Waals surface area contributed by atoms with Crippen LogP contribution in [0.15, 0.2) is 30.6 Å². The van der Waals surface area contributed by atoms with E-state index in [-0.39, 0.29) is 0 Å². The lowest BCUT2D eigenvalue weighted by Gasteiger charge is -2.36. The van der Waals surface area contributed by atoms with Crippen molar-refractivity contribution in [1.82, 2.24) is 15.5 Å². The monoisotopic (exact) mass is 312 g/mol. The third-order valence-electron chi connectivity index (χ3n) is 4.66. The molecule has 4 heteroatoms. The molecular weight excluding hydrogens is 284 g/mol. The van der Waals surface area contributed by atoms with Crippen molar-refractivity contribution >= 4 is 5.69 Å². The van der Waals surface area contributed by atoms with Crippen LogP contribution in [0.2, 0.25) is 0 Å². The number of aromatic nitrogens is 2. The van der Waals surface area contributed by atoms with Gasteiger partial charge in [0.15, 0.2) is 0 Å². The summed E-state index contributed by atoms with van der Waals surface area (Å²) < 4.78 is 0. The highest BCUT2D eigenvalue weighted by Crippen LogP contribution is 2.28. The molecular formula is C19H28N4. The van der Waals surface area contributed by atoms with E-state index in [0.717, 1.165) is 32.0 Å². The molecule has 0 spiro atoms. The molecule has 0 radical (unpaired) electrons.